The van der Waals surface area contributed by atoms with E-state index >= 15 is 0 Å². The summed E-state index contributed by atoms with van der Waals surface area (Å²) in [6, 6.07) is 12.0. The lowest BCUT2D eigenvalue weighted by molar-refractivity contribution is -0.125. The summed E-state index contributed by atoms with van der Waals surface area (Å²) in [5.41, 5.74) is 9.29. The van der Waals surface area contributed by atoms with E-state index < -0.39 is 11.9 Å². The quantitative estimate of drug-likeness (QED) is 0.824. The van der Waals surface area contributed by atoms with E-state index in [4.69, 9.17) is 17.3 Å². The molecule has 6 nitrogen and oxygen atoms in total. The topological polar surface area (TPSA) is 93.6 Å². The number of carbonyl (C=O) groups excluding carboxylic acids is 1. The molecule has 1 amide bonds. The third kappa shape index (κ3) is 3.30. The summed E-state index contributed by atoms with van der Waals surface area (Å²) in [6.07, 6.45) is 0.378. The van der Waals surface area contributed by atoms with Gasteiger partial charge in [0.2, 0.25) is 0 Å². The van der Waals surface area contributed by atoms with Gasteiger partial charge in [-0.2, -0.15) is 10.3 Å². The zero-order valence-electron chi connectivity index (χ0n) is 13.6. The van der Waals surface area contributed by atoms with E-state index in [2.05, 4.69) is 6.07 Å². The molecule has 0 aromatic heterocycles. The monoisotopic (exact) mass is 356 g/mol. The molecule has 0 bridgehead atoms. The average Bonchev–Trinajstić information content (AvgIpc) is 2.59. The summed E-state index contributed by atoms with van der Waals surface area (Å²) >= 11 is 6.05. The van der Waals surface area contributed by atoms with Crippen LogP contribution in [0, 0.1) is 11.3 Å². The molecule has 3 N–H and O–H groups in total. The van der Waals surface area contributed by atoms with Crippen molar-refractivity contribution in [1.29, 1.82) is 5.26 Å². The number of nitriles is 1. The van der Waals surface area contributed by atoms with E-state index in [1.807, 2.05) is 24.1 Å². The van der Waals surface area contributed by atoms with Gasteiger partial charge < -0.3 is 10.6 Å². The number of hydrogen-bond donors (Lipinski definition) is 2. The highest BCUT2D eigenvalue weighted by molar-refractivity contribution is 6.30. The summed E-state index contributed by atoms with van der Waals surface area (Å²) in [7, 11) is 1.87. The average molecular weight is 357 g/mol. The number of carbonyl (C=O) groups is 1. The van der Waals surface area contributed by atoms with Gasteiger partial charge in [0.1, 0.15) is 6.07 Å². The van der Waals surface area contributed by atoms with Gasteiger partial charge in [-0.1, -0.05) is 23.7 Å². The normalized spacial score (nSPS) is 16.4. The minimum Gasteiger partial charge on any atom is -0.369 e. The van der Waals surface area contributed by atoms with Crippen LogP contribution in [0.3, 0.4) is 0 Å². The highest BCUT2D eigenvalue weighted by Crippen LogP contribution is 2.29. The minimum atomic E-state index is -0.747. The fourth-order valence-electron chi connectivity index (χ4n) is 2.98. The lowest BCUT2D eigenvalue weighted by atomic mass is 9.97. The van der Waals surface area contributed by atoms with Crippen molar-refractivity contribution in [3.8, 4) is 6.07 Å². The third-order valence-electron chi connectivity index (χ3n) is 4.25. The number of nitrogens with zero attached hydrogens (tertiary/aromatic N) is 3. The molecule has 25 heavy (non-hydrogen) atoms. The molecule has 2 aromatic rings. The molecular formula is C18H17ClN4O2. The number of anilines is 2. The molecule has 2 aromatic carbocycles. The molecule has 0 saturated carbocycles. The van der Waals surface area contributed by atoms with Crippen LogP contribution in [-0.2, 0) is 17.8 Å². The van der Waals surface area contributed by atoms with Crippen LogP contribution in [0.2, 0.25) is 5.02 Å². The van der Waals surface area contributed by atoms with Crippen molar-refractivity contribution >= 4 is 28.9 Å². The highest BCUT2D eigenvalue weighted by Gasteiger charge is 2.29. The summed E-state index contributed by atoms with van der Waals surface area (Å²) in [6.45, 7) is 0.539. The first-order chi connectivity index (χ1) is 11.9. The molecule has 7 heteroatoms. The number of benzene rings is 2. The molecule has 1 heterocycles. The lowest BCUT2D eigenvalue weighted by Gasteiger charge is -2.28. The summed E-state index contributed by atoms with van der Waals surface area (Å²) in [5, 5.41) is 20.3. The Hall–Kier alpha value is -2.59. The van der Waals surface area contributed by atoms with Gasteiger partial charge in [-0.25, -0.2) is 0 Å². The van der Waals surface area contributed by atoms with Crippen molar-refractivity contribution in [2.75, 3.05) is 17.0 Å². The van der Waals surface area contributed by atoms with Crippen molar-refractivity contribution in [3.63, 3.8) is 0 Å². The molecule has 1 atom stereocenters. The first kappa shape index (κ1) is 17.2. The van der Waals surface area contributed by atoms with Crippen LogP contribution in [0.25, 0.3) is 0 Å². The van der Waals surface area contributed by atoms with E-state index in [0.29, 0.717) is 34.3 Å². The molecule has 0 aliphatic carbocycles. The molecule has 1 aliphatic rings. The number of rotatable bonds is 3. The van der Waals surface area contributed by atoms with Gasteiger partial charge in [-0.15, -0.1) is 0 Å². The van der Waals surface area contributed by atoms with Gasteiger partial charge in [0, 0.05) is 18.6 Å². The van der Waals surface area contributed by atoms with Crippen LogP contribution in [0.15, 0.2) is 36.4 Å². The third-order valence-corrected chi connectivity index (χ3v) is 4.48. The molecular weight excluding hydrogens is 340 g/mol. The van der Waals surface area contributed by atoms with Crippen molar-refractivity contribution in [3.05, 3.63) is 58.1 Å². The van der Waals surface area contributed by atoms with E-state index in [-0.39, 0.29) is 0 Å². The minimum absolute atomic E-state index is 0.378. The first-order valence-electron chi connectivity index (χ1n) is 7.71. The SMILES string of the molecule is CN(Cc1ccc2c(c1)C[C@H](N)C(=O)N2O)c1cc(Cl)ccc1C#N. The molecule has 1 aliphatic heterocycles. The maximum absolute atomic E-state index is 11.7. The first-order valence-corrected chi connectivity index (χ1v) is 8.09. The maximum atomic E-state index is 11.7. The Morgan fingerprint density at radius 2 is 2.16 bits per heavy atom. The standard InChI is InChI=1S/C18H17ClN4O2/c1-22(17-8-14(19)4-3-12(17)9-20)10-11-2-5-16-13(6-11)7-15(21)18(24)23(16)25/h2-6,8,15,25H,7,10,21H2,1H3/t15-/m0/s1. The number of hydroxylamine groups is 1. The van der Waals surface area contributed by atoms with Crippen LogP contribution in [0.4, 0.5) is 11.4 Å². The van der Waals surface area contributed by atoms with Gasteiger partial charge in [0.25, 0.3) is 5.91 Å². The van der Waals surface area contributed by atoms with Gasteiger partial charge >= 0.3 is 0 Å². The predicted octanol–water partition coefficient (Wildman–Crippen LogP) is 2.45. The molecule has 0 fully saturated rings. The summed E-state index contributed by atoms with van der Waals surface area (Å²) in [5.74, 6) is -0.505. The molecule has 0 radical (unpaired) electrons. The molecule has 0 unspecified atom stereocenters. The van der Waals surface area contributed by atoms with Crippen molar-refractivity contribution in [2.45, 2.75) is 19.0 Å². The van der Waals surface area contributed by atoms with Crippen molar-refractivity contribution in [2.24, 2.45) is 5.73 Å². The Kier molecular flexibility index (Phi) is 4.64. The predicted molar refractivity (Wildman–Crippen MR) is 95.7 cm³/mol. The van der Waals surface area contributed by atoms with E-state index in [1.54, 1.807) is 24.3 Å². The number of amides is 1. The second kappa shape index (κ2) is 6.73. The zero-order chi connectivity index (χ0) is 18.1. The van der Waals surface area contributed by atoms with E-state index in [0.717, 1.165) is 16.8 Å². The van der Waals surface area contributed by atoms with Gasteiger partial charge in [-0.05, 0) is 41.8 Å². The van der Waals surface area contributed by atoms with E-state index in [9.17, 15) is 15.3 Å². The second-order valence-corrected chi connectivity index (χ2v) is 6.49. The zero-order valence-corrected chi connectivity index (χ0v) is 14.4. The van der Waals surface area contributed by atoms with Crippen LogP contribution < -0.4 is 15.7 Å². The molecule has 0 spiro atoms. The van der Waals surface area contributed by atoms with Crippen LogP contribution in [-0.4, -0.2) is 24.2 Å². The highest BCUT2D eigenvalue weighted by atomic mass is 35.5. The van der Waals surface area contributed by atoms with Crippen molar-refractivity contribution < 1.29 is 10.0 Å². The molecule has 3 rings (SSSR count). The number of nitrogens with two attached hydrogens (primary N) is 1. The summed E-state index contributed by atoms with van der Waals surface area (Å²) < 4.78 is 0. The number of fused-ring (bicyclic) bond motifs is 1. The van der Waals surface area contributed by atoms with Gasteiger partial charge in [-0.3, -0.25) is 10.0 Å². The van der Waals surface area contributed by atoms with Gasteiger partial charge in [0.15, 0.2) is 0 Å². The Morgan fingerprint density at radius 1 is 1.40 bits per heavy atom. The van der Waals surface area contributed by atoms with E-state index in [1.165, 1.54) is 0 Å². The molecule has 0 saturated heterocycles. The smallest absolute Gasteiger partial charge is 0.267 e. The van der Waals surface area contributed by atoms with Gasteiger partial charge in [0.05, 0.1) is 23.0 Å². The Bertz CT molecular complexity index is 878. The maximum Gasteiger partial charge on any atom is 0.267 e. The number of halogens is 1. The van der Waals surface area contributed by atoms with Crippen LogP contribution in [0.1, 0.15) is 16.7 Å². The second-order valence-electron chi connectivity index (χ2n) is 6.05. The van der Waals surface area contributed by atoms with Crippen LogP contribution >= 0.6 is 11.6 Å². The lowest BCUT2D eigenvalue weighted by Crippen LogP contribution is -2.47. The fourth-order valence-corrected chi connectivity index (χ4v) is 3.15. The Labute approximate surface area is 150 Å². The summed E-state index contributed by atoms with van der Waals surface area (Å²) in [4.78, 5) is 13.7. The Balaban J connectivity index is 1.88. The largest absolute Gasteiger partial charge is 0.369 e. The number of hydrogen-bond acceptors (Lipinski definition) is 5. The molecule has 128 valence electrons. The fraction of sp³-hybridized carbons (Fsp3) is 0.222. The Morgan fingerprint density at radius 3 is 2.88 bits per heavy atom. The van der Waals surface area contributed by atoms with Crippen LogP contribution in [0.5, 0.6) is 0 Å². The van der Waals surface area contributed by atoms with Crippen molar-refractivity contribution in [1.82, 2.24) is 0 Å².